The molecule has 0 saturated heterocycles. The van der Waals surface area contributed by atoms with E-state index in [2.05, 4.69) is 36.6 Å². The maximum Gasteiger partial charge on any atom is 0.0844 e. The average molecular weight is 278 g/mol. The molecule has 3 atom stereocenters. The van der Waals surface area contributed by atoms with Gasteiger partial charge in [0.2, 0.25) is 0 Å². The molecule has 4 nitrogen and oxygen atoms in total. The third-order valence-corrected chi connectivity index (χ3v) is 4.10. The Hall–Kier alpha value is -0.940. The largest absolute Gasteiger partial charge is 0.380 e. The molecule has 0 amide bonds. The zero-order valence-corrected chi connectivity index (χ0v) is 12.5. The lowest BCUT2D eigenvalue weighted by Crippen LogP contribution is -2.46. The summed E-state index contributed by atoms with van der Waals surface area (Å²) in [6, 6.07) is 8.63. The van der Waals surface area contributed by atoms with Crippen molar-refractivity contribution in [3.8, 4) is 0 Å². The first kappa shape index (κ1) is 15.4. The van der Waals surface area contributed by atoms with Crippen molar-refractivity contribution in [3.05, 3.63) is 35.4 Å². The van der Waals surface area contributed by atoms with Gasteiger partial charge in [-0.2, -0.15) is 0 Å². The van der Waals surface area contributed by atoms with Gasteiger partial charge < -0.3 is 9.47 Å². The lowest BCUT2D eigenvalue weighted by atomic mass is 9.91. The van der Waals surface area contributed by atoms with Gasteiger partial charge in [-0.05, 0) is 30.4 Å². The van der Waals surface area contributed by atoms with E-state index in [1.54, 1.807) is 7.11 Å². The molecule has 0 aromatic heterocycles. The first-order chi connectivity index (χ1) is 9.80. The van der Waals surface area contributed by atoms with Crippen LogP contribution in [0.25, 0.3) is 0 Å². The fourth-order valence-corrected chi connectivity index (χ4v) is 3.00. The van der Waals surface area contributed by atoms with E-state index in [0.29, 0.717) is 0 Å². The standard InChI is InChI=1S/C16H26N2O2/c1-3-6-15(19-2)14(18-17)11-16-13-8-5-4-7-12(13)9-10-20-16/h4-5,7-8,14-16,18H,3,6,9-11,17H2,1-2H3. The fraction of sp³-hybridized carbons (Fsp3) is 0.625. The van der Waals surface area contributed by atoms with Crippen LogP contribution >= 0.6 is 0 Å². The highest BCUT2D eigenvalue weighted by atomic mass is 16.5. The molecule has 0 radical (unpaired) electrons. The second-order valence-electron chi connectivity index (χ2n) is 5.38. The van der Waals surface area contributed by atoms with Crippen LogP contribution in [0.5, 0.6) is 0 Å². The van der Waals surface area contributed by atoms with Crippen molar-refractivity contribution in [2.24, 2.45) is 5.84 Å². The molecular formula is C16H26N2O2. The Morgan fingerprint density at radius 2 is 2.25 bits per heavy atom. The van der Waals surface area contributed by atoms with Crippen molar-refractivity contribution in [2.45, 2.75) is 50.9 Å². The number of rotatable bonds is 7. The van der Waals surface area contributed by atoms with Crippen molar-refractivity contribution in [1.29, 1.82) is 0 Å². The van der Waals surface area contributed by atoms with Gasteiger partial charge in [-0.25, -0.2) is 0 Å². The minimum atomic E-state index is 0.107. The Morgan fingerprint density at radius 3 is 2.95 bits per heavy atom. The van der Waals surface area contributed by atoms with Crippen molar-refractivity contribution < 1.29 is 9.47 Å². The maximum absolute atomic E-state index is 5.96. The van der Waals surface area contributed by atoms with Crippen LogP contribution in [-0.4, -0.2) is 25.9 Å². The maximum atomic E-state index is 5.96. The lowest BCUT2D eigenvalue weighted by molar-refractivity contribution is -0.000649. The lowest BCUT2D eigenvalue weighted by Gasteiger charge is -2.32. The highest BCUT2D eigenvalue weighted by molar-refractivity contribution is 5.31. The monoisotopic (exact) mass is 278 g/mol. The topological polar surface area (TPSA) is 56.5 Å². The van der Waals surface area contributed by atoms with Crippen LogP contribution in [-0.2, 0) is 15.9 Å². The first-order valence-electron chi connectivity index (χ1n) is 7.48. The van der Waals surface area contributed by atoms with Crippen molar-refractivity contribution >= 4 is 0 Å². The molecule has 20 heavy (non-hydrogen) atoms. The van der Waals surface area contributed by atoms with Crippen LogP contribution in [0.2, 0.25) is 0 Å². The van der Waals surface area contributed by atoms with Crippen molar-refractivity contribution in [3.63, 3.8) is 0 Å². The fourth-order valence-electron chi connectivity index (χ4n) is 3.00. The minimum Gasteiger partial charge on any atom is -0.380 e. The Kier molecular flexibility index (Phi) is 5.98. The Bertz CT molecular complexity index is 411. The zero-order valence-electron chi connectivity index (χ0n) is 12.5. The summed E-state index contributed by atoms with van der Waals surface area (Å²) in [4.78, 5) is 0. The molecule has 2 rings (SSSR count). The molecule has 112 valence electrons. The van der Waals surface area contributed by atoms with E-state index >= 15 is 0 Å². The van der Waals surface area contributed by atoms with Gasteiger partial charge in [0.25, 0.3) is 0 Å². The second kappa shape index (κ2) is 7.74. The van der Waals surface area contributed by atoms with E-state index in [4.69, 9.17) is 15.3 Å². The van der Waals surface area contributed by atoms with E-state index < -0.39 is 0 Å². The molecule has 1 aromatic rings. The van der Waals surface area contributed by atoms with Crippen LogP contribution in [0, 0.1) is 0 Å². The summed E-state index contributed by atoms with van der Waals surface area (Å²) in [6.07, 6.45) is 4.15. The summed E-state index contributed by atoms with van der Waals surface area (Å²) < 4.78 is 11.5. The van der Waals surface area contributed by atoms with Gasteiger partial charge in [-0.3, -0.25) is 11.3 Å². The number of hydrogen-bond acceptors (Lipinski definition) is 4. The van der Waals surface area contributed by atoms with Crippen molar-refractivity contribution in [1.82, 2.24) is 5.43 Å². The number of fused-ring (bicyclic) bond motifs is 1. The molecule has 0 bridgehead atoms. The van der Waals surface area contributed by atoms with Gasteiger partial charge in [0, 0.05) is 7.11 Å². The van der Waals surface area contributed by atoms with Crippen LogP contribution in [0.1, 0.15) is 43.4 Å². The molecule has 3 N–H and O–H groups in total. The van der Waals surface area contributed by atoms with E-state index in [-0.39, 0.29) is 18.2 Å². The Morgan fingerprint density at radius 1 is 1.45 bits per heavy atom. The number of nitrogens with two attached hydrogens (primary N) is 1. The predicted octanol–water partition coefficient (Wildman–Crippen LogP) is 2.34. The number of hydrazine groups is 1. The Labute approximate surface area is 121 Å². The molecule has 4 heteroatoms. The average Bonchev–Trinajstić information content (AvgIpc) is 2.50. The molecule has 0 saturated carbocycles. The number of hydrogen-bond donors (Lipinski definition) is 2. The molecule has 1 aliphatic rings. The van der Waals surface area contributed by atoms with Gasteiger partial charge in [0.1, 0.15) is 0 Å². The molecular weight excluding hydrogens is 252 g/mol. The van der Waals surface area contributed by atoms with Crippen LogP contribution in [0.4, 0.5) is 0 Å². The molecule has 0 fully saturated rings. The third-order valence-electron chi connectivity index (χ3n) is 4.10. The summed E-state index contributed by atoms with van der Waals surface area (Å²) in [5.41, 5.74) is 5.60. The van der Waals surface area contributed by atoms with Gasteiger partial charge >= 0.3 is 0 Å². The van der Waals surface area contributed by atoms with E-state index in [1.807, 2.05) is 0 Å². The van der Waals surface area contributed by atoms with E-state index in [0.717, 1.165) is 32.3 Å². The SMILES string of the molecule is CCCC(OC)C(CC1OCCc2ccccc21)NN. The summed E-state index contributed by atoms with van der Waals surface area (Å²) >= 11 is 0. The number of nitrogens with one attached hydrogen (secondary N) is 1. The summed E-state index contributed by atoms with van der Waals surface area (Å²) in [7, 11) is 1.75. The molecule has 1 heterocycles. The van der Waals surface area contributed by atoms with Crippen LogP contribution in [0.3, 0.4) is 0 Å². The van der Waals surface area contributed by atoms with Crippen molar-refractivity contribution in [2.75, 3.05) is 13.7 Å². The van der Waals surface area contributed by atoms with Crippen LogP contribution < -0.4 is 11.3 Å². The Balaban J connectivity index is 2.08. The number of benzene rings is 1. The van der Waals surface area contributed by atoms with Crippen LogP contribution in [0.15, 0.2) is 24.3 Å². The van der Waals surface area contributed by atoms with E-state index in [1.165, 1.54) is 11.1 Å². The van der Waals surface area contributed by atoms with E-state index in [9.17, 15) is 0 Å². The molecule has 1 aliphatic heterocycles. The summed E-state index contributed by atoms with van der Waals surface area (Å²) in [6.45, 7) is 2.94. The smallest absolute Gasteiger partial charge is 0.0844 e. The normalized spacial score (nSPS) is 21.2. The third kappa shape index (κ3) is 3.58. The second-order valence-corrected chi connectivity index (χ2v) is 5.38. The van der Waals surface area contributed by atoms with Gasteiger partial charge in [0.15, 0.2) is 0 Å². The first-order valence-corrected chi connectivity index (χ1v) is 7.48. The summed E-state index contributed by atoms with van der Waals surface area (Å²) in [5, 5.41) is 0. The van der Waals surface area contributed by atoms with Gasteiger partial charge in [-0.15, -0.1) is 0 Å². The predicted molar refractivity (Wildman–Crippen MR) is 80.3 cm³/mol. The molecule has 1 aromatic carbocycles. The van der Waals surface area contributed by atoms with Gasteiger partial charge in [-0.1, -0.05) is 37.6 Å². The summed E-state index contributed by atoms with van der Waals surface area (Å²) in [5.74, 6) is 5.73. The molecule has 0 spiro atoms. The molecule has 3 unspecified atom stereocenters. The molecule has 0 aliphatic carbocycles. The zero-order chi connectivity index (χ0) is 14.4. The highest BCUT2D eigenvalue weighted by Crippen LogP contribution is 2.31. The number of ether oxygens (including phenoxy) is 2. The highest BCUT2D eigenvalue weighted by Gasteiger charge is 2.27. The quantitative estimate of drug-likeness (QED) is 0.594. The number of methoxy groups -OCH3 is 1. The van der Waals surface area contributed by atoms with Gasteiger partial charge in [0.05, 0.1) is 24.9 Å². The minimum absolute atomic E-state index is 0.107.